The van der Waals surface area contributed by atoms with Crippen LogP contribution in [0.5, 0.6) is 0 Å². The van der Waals surface area contributed by atoms with Gasteiger partial charge in [-0.2, -0.15) is 0 Å². The van der Waals surface area contributed by atoms with Crippen molar-refractivity contribution in [2.45, 2.75) is 143 Å². The van der Waals surface area contributed by atoms with E-state index in [0.717, 1.165) is 55.4 Å². The van der Waals surface area contributed by atoms with Crippen molar-refractivity contribution >= 4 is 47.8 Å². The summed E-state index contributed by atoms with van der Waals surface area (Å²) in [6, 6.07) is 0. The first-order chi connectivity index (χ1) is 32.3. The summed E-state index contributed by atoms with van der Waals surface area (Å²) in [6.45, 7) is 9.31. The van der Waals surface area contributed by atoms with Crippen molar-refractivity contribution in [3.63, 3.8) is 0 Å². The maximum Gasteiger partial charge on any atom is 0.303 e. The van der Waals surface area contributed by atoms with Gasteiger partial charge in [0.15, 0.2) is 49.2 Å². The van der Waals surface area contributed by atoms with Gasteiger partial charge in [-0.05, 0) is 0 Å². The lowest BCUT2D eigenvalue weighted by Crippen LogP contribution is -2.62. The quantitative estimate of drug-likeness (QED) is 0.0641. The molecule has 2 fully saturated rings. The maximum absolute atomic E-state index is 12.1. The van der Waals surface area contributed by atoms with Crippen molar-refractivity contribution in [1.82, 2.24) is 30.0 Å². The van der Waals surface area contributed by atoms with Gasteiger partial charge in [-0.15, -0.1) is 10.2 Å². The van der Waals surface area contributed by atoms with E-state index in [1.165, 1.54) is 9.36 Å². The van der Waals surface area contributed by atoms with Gasteiger partial charge in [0.1, 0.15) is 36.8 Å². The number of aromatic nitrogens is 6. The van der Waals surface area contributed by atoms with Crippen LogP contribution in [0, 0.1) is 0 Å². The zero-order valence-corrected chi connectivity index (χ0v) is 38.7. The van der Waals surface area contributed by atoms with Gasteiger partial charge in [-0.3, -0.25) is 38.4 Å². The minimum absolute atomic E-state index is 0.217. The summed E-state index contributed by atoms with van der Waals surface area (Å²) >= 11 is 0. The average molecular weight is 973 g/mol. The largest absolute Gasteiger partial charge is 0.463 e. The molecule has 2 aliphatic heterocycles. The molecule has 2 aromatic rings. The second-order valence-corrected chi connectivity index (χ2v) is 14.9. The Balaban J connectivity index is 1.22. The second-order valence-electron chi connectivity index (χ2n) is 14.9. The average Bonchev–Trinajstić information content (AvgIpc) is 3.90. The summed E-state index contributed by atoms with van der Waals surface area (Å²) in [5.74, 6) is -5.94. The standard InChI is InChI=1S/C40H56N6O22/c1-21(47)57-19-31-33(61-23(3)49)35(63-25(5)51)37(65-27(7)53)39(67-31)59-17-29-15-45(43-41-29)9-11-55-13-14-56-12-10-46-16-30(42-44-46)18-60-40-38(66-28(8)54)36(64-26(6)52)34(62-24(4)50)32(68-40)20-58-22(2)48/h15-16,31-40H,9-14,17-20H2,1-8H3/t31-,32-,33-,34-,35+,36+,37+,38+,39+,40+/m1/s1. The third-order valence-electron chi connectivity index (χ3n) is 9.16. The van der Waals surface area contributed by atoms with E-state index in [-0.39, 0.29) is 39.6 Å². The van der Waals surface area contributed by atoms with Crippen LogP contribution in [0.2, 0.25) is 0 Å². The van der Waals surface area contributed by atoms with E-state index >= 15 is 0 Å². The predicted molar refractivity (Wildman–Crippen MR) is 215 cm³/mol. The van der Waals surface area contributed by atoms with Crippen molar-refractivity contribution < 1.29 is 105 Å². The minimum Gasteiger partial charge on any atom is -0.463 e. The number of hydrogen-bond donors (Lipinski definition) is 0. The van der Waals surface area contributed by atoms with Gasteiger partial charge in [0.05, 0.1) is 65.1 Å². The Morgan fingerprint density at radius 3 is 1.10 bits per heavy atom. The molecule has 2 aliphatic rings. The molecular formula is C40H56N6O22. The Morgan fingerprint density at radius 2 is 0.779 bits per heavy atom. The fraction of sp³-hybridized carbons (Fsp3) is 0.700. The summed E-state index contributed by atoms with van der Waals surface area (Å²) in [7, 11) is 0. The molecule has 0 aliphatic carbocycles. The molecule has 4 heterocycles. The van der Waals surface area contributed by atoms with Gasteiger partial charge >= 0.3 is 47.8 Å². The van der Waals surface area contributed by atoms with E-state index in [9.17, 15) is 38.4 Å². The van der Waals surface area contributed by atoms with Crippen LogP contribution in [-0.2, 0) is 131 Å². The molecule has 378 valence electrons. The molecule has 0 radical (unpaired) electrons. The molecule has 10 atom stereocenters. The van der Waals surface area contributed by atoms with Crippen molar-refractivity contribution in [3.05, 3.63) is 23.8 Å². The zero-order chi connectivity index (χ0) is 49.9. The summed E-state index contributed by atoms with van der Waals surface area (Å²) in [5.41, 5.74) is 0.675. The highest BCUT2D eigenvalue weighted by molar-refractivity contribution is 5.70. The number of ether oxygens (including phenoxy) is 14. The van der Waals surface area contributed by atoms with E-state index in [0.29, 0.717) is 24.5 Å². The Hall–Kier alpha value is -6.20. The summed E-state index contributed by atoms with van der Waals surface area (Å²) in [6.07, 6.45) is -10.2. The minimum atomic E-state index is -1.40. The summed E-state index contributed by atoms with van der Waals surface area (Å²) in [4.78, 5) is 95.4. The third-order valence-corrected chi connectivity index (χ3v) is 9.16. The van der Waals surface area contributed by atoms with Crippen LogP contribution in [0.3, 0.4) is 0 Å². The molecule has 0 N–H and O–H groups in total. The van der Waals surface area contributed by atoms with Crippen molar-refractivity contribution in [1.29, 1.82) is 0 Å². The van der Waals surface area contributed by atoms with Crippen LogP contribution in [0.25, 0.3) is 0 Å². The van der Waals surface area contributed by atoms with Crippen LogP contribution < -0.4 is 0 Å². The Bertz CT molecular complexity index is 1890. The summed E-state index contributed by atoms with van der Waals surface area (Å²) in [5, 5.41) is 16.3. The highest BCUT2D eigenvalue weighted by atomic mass is 16.7. The summed E-state index contributed by atoms with van der Waals surface area (Å²) < 4.78 is 80.5. The second kappa shape index (κ2) is 27.0. The van der Waals surface area contributed by atoms with Crippen LogP contribution in [0.1, 0.15) is 66.8 Å². The van der Waals surface area contributed by atoms with Crippen LogP contribution in [0.4, 0.5) is 0 Å². The molecule has 0 aromatic carbocycles. The Morgan fingerprint density at radius 1 is 0.456 bits per heavy atom. The number of carbonyl (C=O) groups is 8. The molecule has 0 bridgehead atoms. The van der Waals surface area contributed by atoms with Gasteiger partial charge in [-0.25, -0.2) is 9.36 Å². The molecule has 0 saturated carbocycles. The van der Waals surface area contributed by atoms with Gasteiger partial charge in [-0.1, -0.05) is 10.4 Å². The number of esters is 8. The van der Waals surface area contributed by atoms with E-state index in [1.807, 2.05) is 0 Å². The molecule has 0 unspecified atom stereocenters. The van der Waals surface area contributed by atoms with E-state index in [1.54, 1.807) is 12.4 Å². The lowest BCUT2D eigenvalue weighted by Gasteiger charge is -2.43. The molecule has 68 heavy (non-hydrogen) atoms. The fourth-order valence-electron chi connectivity index (χ4n) is 6.65. The number of rotatable bonds is 25. The van der Waals surface area contributed by atoms with Crippen LogP contribution >= 0.6 is 0 Å². The van der Waals surface area contributed by atoms with Crippen molar-refractivity contribution in [2.24, 2.45) is 0 Å². The first-order valence-corrected chi connectivity index (χ1v) is 21.1. The van der Waals surface area contributed by atoms with Gasteiger partial charge in [0.25, 0.3) is 0 Å². The Labute approximate surface area is 388 Å². The number of carbonyl (C=O) groups excluding carboxylic acids is 8. The lowest BCUT2D eigenvalue weighted by atomic mass is 9.98. The van der Waals surface area contributed by atoms with E-state index < -0.39 is 122 Å². The first kappa shape index (κ1) is 54.4. The molecule has 2 saturated heterocycles. The van der Waals surface area contributed by atoms with Gasteiger partial charge in [0, 0.05) is 55.4 Å². The maximum atomic E-state index is 12.1. The van der Waals surface area contributed by atoms with Crippen LogP contribution in [-0.4, -0.2) is 179 Å². The highest BCUT2D eigenvalue weighted by Gasteiger charge is 2.54. The van der Waals surface area contributed by atoms with E-state index in [2.05, 4.69) is 20.6 Å². The molecule has 0 spiro atoms. The monoisotopic (exact) mass is 972 g/mol. The molecule has 0 amide bonds. The number of nitrogens with zero attached hydrogens (tertiary/aromatic N) is 6. The topological polar surface area (TPSA) is 327 Å². The van der Waals surface area contributed by atoms with E-state index in [4.69, 9.17) is 66.3 Å². The lowest BCUT2D eigenvalue weighted by molar-refractivity contribution is -0.310. The first-order valence-electron chi connectivity index (χ1n) is 21.1. The van der Waals surface area contributed by atoms with Crippen molar-refractivity contribution in [2.75, 3.05) is 39.6 Å². The molecule has 4 rings (SSSR count). The van der Waals surface area contributed by atoms with Gasteiger partial charge in [0.2, 0.25) is 0 Å². The fourth-order valence-corrected chi connectivity index (χ4v) is 6.65. The normalized spacial score (nSPS) is 24.5. The highest BCUT2D eigenvalue weighted by Crippen LogP contribution is 2.32. The SMILES string of the molecule is CC(=O)OC[C@H]1O[C@H](OCc2cn(CCOCCOCCn3cc(CO[C@H]4O[C@H](COC(C)=O)[C@@H](OC(C)=O)[C@H](OC(C)=O)[C@@H]4OC(C)=O)nn3)nn2)[C@@H](OC(C)=O)[C@@H](OC(C)=O)[C@@H]1OC(C)=O. The smallest absolute Gasteiger partial charge is 0.303 e. The molecule has 28 heteroatoms. The van der Waals surface area contributed by atoms with Gasteiger partial charge < -0.3 is 66.3 Å². The zero-order valence-electron chi connectivity index (χ0n) is 38.7. The Kier molecular flexibility index (Phi) is 21.6. The molecular weight excluding hydrogens is 916 g/mol. The molecule has 28 nitrogen and oxygen atoms in total. The third kappa shape index (κ3) is 18.1. The van der Waals surface area contributed by atoms with Crippen molar-refractivity contribution in [3.8, 4) is 0 Å². The predicted octanol–water partition coefficient (Wildman–Crippen LogP) is -1.20. The number of hydrogen-bond acceptors (Lipinski definition) is 26. The van der Waals surface area contributed by atoms with Crippen LogP contribution in [0.15, 0.2) is 12.4 Å². The molecule has 2 aromatic heterocycles.